The van der Waals surface area contributed by atoms with Gasteiger partial charge in [0.15, 0.2) is 0 Å². The summed E-state index contributed by atoms with van der Waals surface area (Å²) in [5, 5.41) is 2.82. The summed E-state index contributed by atoms with van der Waals surface area (Å²) in [4.78, 5) is 12.7. The lowest BCUT2D eigenvalue weighted by Gasteiger charge is -2.22. The van der Waals surface area contributed by atoms with Crippen LogP contribution in [0, 0.1) is 19.7 Å². The van der Waals surface area contributed by atoms with Crippen molar-refractivity contribution < 1.29 is 17.6 Å². The largest absolute Gasteiger partial charge is 0.324 e. The van der Waals surface area contributed by atoms with Crippen molar-refractivity contribution >= 4 is 21.6 Å². The highest BCUT2D eigenvalue weighted by molar-refractivity contribution is 7.89. The van der Waals surface area contributed by atoms with Gasteiger partial charge >= 0.3 is 0 Å². The van der Waals surface area contributed by atoms with Gasteiger partial charge in [0, 0.05) is 12.2 Å². The van der Waals surface area contributed by atoms with Crippen molar-refractivity contribution in [3.05, 3.63) is 95.3 Å². The Hall–Kier alpha value is -3.03. The standard InChI is InChI=1S/C23H23FN2O3S/c1-17-7-6-8-18(2)23(17)25-22(27)16-26(15-19-9-4-3-5-10-19)30(28,29)21-13-11-20(24)12-14-21/h3-14H,15-16H2,1-2H3,(H,25,27). The van der Waals surface area contributed by atoms with Crippen molar-refractivity contribution in [3.63, 3.8) is 0 Å². The van der Waals surface area contributed by atoms with E-state index in [-0.39, 0.29) is 18.0 Å². The van der Waals surface area contributed by atoms with E-state index < -0.39 is 21.7 Å². The lowest BCUT2D eigenvalue weighted by Crippen LogP contribution is -2.37. The van der Waals surface area contributed by atoms with Gasteiger partial charge in [-0.1, -0.05) is 48.5 Å². The molecule has 7 heteroatoms. The fourth-order valence-electron chi connectivity index (χ4n) is 3.12. The number of anilines is 1. The lowest BCUT2D eigenvalue weighted by molar-refractivity contribution is -0.116. The van der Waals surface area contributed by atoms with Crippen molar-refractivity contribution in [2.75, 3.05) is 11.9 Å². The average molecular weight is 427 g/mol. The predicted octanol–water partition coefficient (Wildman–Crippen LogP) is 4.27. The smallest absolute Gasteiger partial charge is 0.243 e. The molecule has 0 saturated carbocycles. The summed E-state index contributed by atoms with van der Waals surface area (Å²) in [6.07, 6.45) is 0. The fraction of sp³-hybridized carbons (Fsp3) is 0.174. The predicted molar refractivity (Wildman–Crippen MR) is 115 cm³/mol. The number of sulfonamides is 1. The Balaban J connectivity index is 1.89. The molecule has 156 valence electrons. The van der Waals surface area contributed by atoms with Gasteiger partial charge in [-0.15, -0.1) is 0 Å². The molecule has 5 nitrogen and oxygen atoms in total. The van der Waals surface area contributed by atoms with E-state index in [0.29, 0.717) is 5.69 Å². The molecule has 0 radical (unpaired) electrons. The van der Waals surface area contributed by atoms with Crippen LogP contribution in [0.5, 0.6) is 0 Å². The van der Waals surface area contributed by atoms with Gasteiger partial charge in [0.1, 0.15) is 5.82 Å². The summed E-state index contributed by atoms with van der Waals surface area (Å²) < 4.78 is 40.8. The number of hydrogen-bond acceptors (Lipinski definition) is 3. The van der Waals surface area contributed by atoms with E-state index in [9.17, 15) is 17.6 Å². The summed E-state index contributed by atoms with van der Waals surface area (Å²) in [5.74, 6) is -0.981. The van der Waals surface area contributed by atoms with E-state index in [1.807, 2.05) is 38.1 Å². The zero-order chi connectivity index (χ0) is 21.7. The fourth-order valence-corrected chi connectivity index (χ4v) is 4.50. The molecule has 0 aliphatic heterocycles. The molecule has 1 amide bonds. The number of carbonyl (C=O) groups excluding carboxylic acids is 1. The highest BCUT2D eigenvalue weighted by atomic mass is 32.2. The average Bonchev–Trinajstić information content (AvgIpc) is 2.71. The third-order valence-corrected chi connectivity index (χ3v) is 6.52. The van der Waals surface area contributed by atoms with Crippen LogP contribution in [0.25, 0.3) is 0 Å². The monoisotopic (exact) mass is 426 g/mol. The summed E-state index contributed by atoms with van der Waals surface area (Å²) in [5.41, 5.74) is 3.18. The Labute approximate surface area is 176 Å². The highest BCUT2D eigenvalue weighted by Crippen LogP contribution is 2.22. The molecule has 3 aromatic carbocycles. The Bertz CT molecular complexity index is 1110. The summed E-state index contributed by atoms with van der Waals surface area (Å²) in [7, 11) is -4.02. The van der Waals surface area contributed by atoms with Crippen LogP contribution in [0.2, 0.25) is 0 Å². The number of carbonyl (C=O) groups is 1. The van der Waals surface area contributed by atoms with Crippen molar-refractivity contribution in [1.29, 1.82) is 0 Å². The van der Waals surface area contributed by atoms with Crippen LogP contribution in [0.15, 0.2) is 77.7 Å². The van der Waals surface area contributed by atoms with Crippen molar-refractivity contribution in [2.45, 2.75) is 25.3 Å². The molecule has 0 aliphatic carbocycles. The third-order valence-electron chi connectivity index (χ3n) is 4.72. The second-order valence-corrected chi connectivity index (χ2v) is 8.97. The number of benzene rings is 3. The topological polar surface area (TPSA) is 66.5 Å². The Morgan fingerprint density at radius 3 is 2.10 bits per heavy atom. The molecule has 1 N–H and O–H groups in total. The number of hydrogen-bond donors (Lipinski definition) is 1. The molecule has 3 aromatic rings. The lowest BCUT2D eigenvalue weighted by atomic mass is 10.1. The maximum atomic E-state index is 13.3. The van der Waals surface area contributed by atoms with Crippen molar-refractivity contribution in [1.82, 2.24) is 4.31 Å². The van der Waals surface area contributed by atoms with E-state index in [1.165, 1.54) is 12.1 Å². The first kappa shape index (κ1) is 21.7. The summed E-state index contributed by atoms with van der Waals surface area (Å²) in [6, 6.07) is 19.2. The van der Waals surface area contributed by atoms with E-state index >= 15 is 0 Å². The zero-order valence-electron chi connectivity index (χ0n) is 16.8. The number of halogens is 1. The Morgan fingerprint density at radius 2 is 1.50 bits per heavy atom. The minimum atomic E-state index is -4.02. The van der Waals surface area contributed by atoms with Gasteiger partial charge in [0.2, 0.25) is 15.9 Å². The van der Waals surface area contributed by atoms with Gasteiger partial charge in [0.05, 0.1) is 11.4 Å². The molecule has 0 aliphatic rings. The van der Waals surface area contributed by atoms with Crippen LogP contribution >= 0.6 is 0 Å². The molecule has 0 heterocycles. The number of aryl methyl sites for hydroxylation is 2. The van der Waals surface area contributed by atoms with Crippen LogP contribution in [-0.2, 0) is 21.4 Å². The first-order valence-corrected chi connectivity index (χ1v) is 10.9. The highest BCUT2D eigenvalue weighted by Gasteiger charge is 2.27. The molecule has 0 unspecified atom stereocenters. The summed E-state index contributed by atoms with van der Waals surface area (Å²) >= 11 is 0. The second-order valence-electron chi connectivity index (χ2n) is 7.03. The zero-order valence-corrected chi connectivity index (χ0v) is 17.6. The maximum Gasteiger partial charge on any atom is 0.243 e. The SMILES string of the molecule is Cc1cccc(C)c1NC(=O)CN(Cc1ccccc1)S(=O)(=O)c1ccc(F)cc1. The minimum absolute atomic E-state index is 0.0146. The van der Waals surface area contributed by atoms with E-state index in [1.54, 1.807) is 24.3 Å². The van der Waals surface area contributed by atoms with Crippen LogP contribution in [-0.4, -0.2) is 25.2 Å². The molecule has 0 spiro atoms. The number of nitrogens with one attached hydrogen (secondary N) is 1. The molecular formula is C23H23FN2O3S. The van der Waals surface area contributed by atoms with Gasteiger partial charge in [-0.05, 0) is 54.8 Å². The van der Waals surface area contributed by atoms with Gasteiger partial charge in [-0.25, -0.2) is 12.8 Å². The van der Waals surface area contributed by atoms with E-state index in [2.05, 4.69) is 5.32 Å². The molecule has 0 aromatic heterocycles. The van der Waals surface area contributed by atoms with Crippen LogP contribution in [0.4, 0.5) is 10.1 Å². The van der Waals surface area contributed by atoms with Gasteiger partial charge < -0.3 is 5.32 Å². The quantitative estimate of drug-likeness (QED) is 0.614. The van der Waals surface area contributed by atoms with Crippen molar-refractivity contribution in [3.8, 4) is 0 Å². The Morgan fingerprint density at radius 1 is 0.900 bits per heavy atom. The van der Waals surface area contributed by atoms with Gasteiger partial charge in [0.25, 0.3) is 0 Å². The number of para-hydroxylation sites is 1. The minimum Gasteiger partial charge on any atom is -0.324 e. The van der Waals surface area contributed by atoms with Crippen LogP contribution < -0.4 is 5.32 Å². The van der Waals surface area contributed by atoms with Crippen LogP contribution in [0.1, 0.15) is 16.7 Å². The van der Waals surface area contributed by atoms with Gasteiger partial charge in [-0.3, -0.25) is 4.79 Å². The molecule has 0 saturated heterocycles. The second kappa shape index (κ2) is 9.19. The first-order chi connectivity index (χ1) is 14.3. The molecule has 30 heavy (non-hydrogen) atoms. The van der Waals surface area contributed by atoms with Crippen LogP contribution in [0.3, 0.4) is 0 Å². The van der Waals surface area contributed by atoms with E-state index in [4.69, 9.17) is 0 Å². The Kier molecular flexibility index (Phi) is 6.64. The molecule has 0 bridgehead atoms. The molecule has 0 fully saturated rings. The molecule has 0 atom stereocenters. The van der Waals surface area contributed by atoms with E-state index in [0.717, 1.165) is 33.1 Å². The number of rotatable bonds is 7. The summed E-state index contributed by atoms with van der Waals surface area (Å²) in [6.45, 7) is 3.39. The first-order valence-electron chi connectivity index (χ1n) is 9.43. The normalized spacial score (nSPS) is 11.5. The third kappa shape index (κ3) is 5.11. The molecule has 3 rings (SSSR count). The van der Waals surface area contributed by atoms with Gasteiger partial charge in [-0.2, -0.15) is 4.31 Å². The number of amides is 1. The number of nitrogens with zero attached hydrogens (tertiary/aromatic N) is 1. The molecular weight excluding hydrogens is 403 g/mol. The maximum absolute atomic E-state index is 13.3. The van der Waals surface area contributed by atoms with Crippen molar-refractivity contribution in [2.24, 2.45) is 0 Å².